The Labute approximate surface area is 114 Å². The fourth-order valence-corrected chi connectivity index (χ4v) is 2.32. The van der Waals surface area contributed by atoms with Crippen LogP contribution in [0.25, 0.3) is 0 Å². The van der Waals surface area contributed by atoms with E-state index in [0.717, 1.165) is 23.6 Å². The molecule has 0 fully saturated rings. The predicted molar refractivity (Wildman–Crippen MR) is 78.6 cm³/mol. The topological polar surface area (TPSA) is 36.3 Å². The van der Waals surface area contributed by atoms with Crippen LogP contribution in [-0.2, 0) is 0 Å². The molecule has 0 saturated carbocycles. The van der Waals surface area contributed by atoms with Crippen LogP contribution in [0.4, 0.5) is 5.69 Å². The lowest BCUT2D eigenvalue weighted by Gasteiger charge is -2.28. The minimum absolute atomic E-state index is 0.400. The van der Waals surface area contributed by atoms with Gasteiger partial charge in [0.15, 0.2) is 0 Å². The molecule has 1 aromatic carbocycles. The highest BCUT2D eigenvalue weighted by molar-refractivity contribution is 7.98. The highest BCUT2D eigenvalue weighted by Gasteiger charge is 2.14. The monoisotopic (exact) mass is 264 g/mol. The van der Waals surface area contributed by atoms with E-state index in [9.17, 15) is 0 Å². The van der Waals surface area contributed by atoms with Crippen molar-refractivity contribution in [2.45, 2.75) is 19.4 Å². The third-order valence-corrected chi connectivity index (χ3v) is 3.75. The first kappa shape index (κ1) is 14.7. The molecule has 1 rings (SSSR count). The summed E-state index contributed by atoms with van der Waals surface area (Å²) in [6.45, 7) is 2.18. The Bertz CT molecular complexity index is 428. The summed E-state index contributed by atoms with van der Waals surface area (Å²) in [7, 11) is 3.67. The molecule has 1 aromatic rings. The molecule has 0 spiro atoms. The first-order valence-corrected chi connectivity index (χ1v) is 7.33. The smallest absolute Gasteiger partial charge is 0.121 e. The molecule has 98 valence electrons. The maximum atomic E-state index is 9.17. The second-order valence-electron chi connectivity index (χ2n) is 4.24. The van der Waals surface area contributed by atoms with Gasteiger partial charge in [0.1, 0.15) is 11.8 Å². The summed E-state index contributed by atoms with van der Waals surface area (Å²) in [6.07, 6.45) is 3.21. The highest BCUT2D eigenvalue weighted by Crippen LogP contribution is 2.27. The lowest BCUT2D eigenvalue weighted by atomic mass is 10.1. The van der Waals surface area contributed by atoms with Crippen LogP contribution in [0.1, 0.15) is 18.9 Å². The van der Waals surface area contributed by atoms with E-state index < -0.39 is 0 Å². The minimum Gasteiger partial charge on any atom is -0.497 e. The molecule has 0 aliphatic carbocycles. The van der Waals surface area contributed by atoms with Crippen molar-refractivity contribution in [3.8, 4) is 11.8 Å². The summed E-state index contributed by atoms with van der Waals surface area (Å²) < 4.78 is 5.23. The Kier molecular flexibility index (Phi) is 5.87. The molecular formula is C14H20N2OS. The zero-order valence-electron chi connectivity index (χ0n) is 11.4. The van der Waals surface area contributed by atoms with E-state index in [-0.39, 0.29) is 0 Å². The average Bonchev–Trinajstić information content (AvgIpc) is 2.43. The van der Waals surface area contributed by atoms with E-state index >= 15 is 0 Å². The van der Waals surface area contributed by atoms with Crippen molar-refractivity contribution in [3.05, 3.63) is 23.8 Å². The number of hydrogen-bond donors (Lipinski definition) is 0. The third-order valence-electron chi connectivity index (χ3n) is 3.11. The van der Waals surface area contributed by atoms with Crippen molar-refractivity contribution in [2.75, 3.05) is 31.1 Å². The number of methoxy groups -OCH3 is 1. The minimum atomic E-state index is 0.400. The fourth-order valence-electron chi connectivity index (χ4n) is 1.74. The van der Waals surface area contributed by atoms with Crippen LogP contribution in [-0.4, -0.2) is 32.2 Å². The van der Waals surface area contributed by atoms with E-state index in [4.69, 9.17) is 10.00 Å². The molecule has 0 bridgehead atoms. The van der Waals surface area contributed by atoms with Gasteiger partial charge in [0, 0.05) is 19.2 Å². The van der Waals surface area contributed by atoms with Crippen molar-refractivity contribution in [3.63, 3.8) is 0 Å². The fraction of sp³-hybridized carbons (Fsp3) is 0.500. The Hall–Kier alpha value is -1.34. The number of thioether (sulfide) groups is 1. The van der Waals surface area contributed by atoms with Gasteiger partial charge in [-0.2, -0.15) is 17.0 Å². The maximum absolute atomic E-state index is 9.17. The molecule has 0 N–H and O–H groups in total. The summed E-state index contributed by atoms with van der Waals surface area (Å²) in [6, 6.07) is 8.19. The molecule has 0 aliphatic rings. The third kappa shape index (κ3) is 3.58. The lowest BCUT2D eigenvalue weighted by Crippen LogP contribution is -2.30. The Balaban J connectivity index is 2.95. The van der Waals surface area contributed by atoms with Crippen molar-refractivity contribution >= 4 is 17.4 Å². The van der Waals surface area contributed by atoms with Gasteiger partial charge < -0.3 is 9.64 Å². The number of anilines is 1. The molecule has 0 aliphatic heterocycles. The van der Waals surface area contributed by atoms with Gasteiger partial charge in [0.05, 0.1) is 18.4 Å². The summed E-state index contributed by atoms with van der Waals surface area (Å²) in [4.78, 5) is 2.15. The molecule has 0 aromatic heterocycles. The molecule has 1 atom stereocenters. The van der Waals surface area contributed by atoms with Gasteiger partial charge >= 0.3 is 0 Å². The summed E-state index contributed by atoms with van der Waals surface area (Å²) in [5.74, 6) is 1.91. The van der Waals surface area contributed by atoms with E-state index in [1.807, 2.05) is 37.0 Å². The molecular weight excluding hydrogens is 244 g/mol. The van der Waals surface area contributed by atoms with E-state index in [0.29, 0.717) is 11.6 Å². The van der Waals surface area contributed by atoms with Crippen molar-refractivity contribution in [1.82, 2.24) is 0 Å². The van der Waals surface area contributed by atoms with Gasteiger partial charge in [0.2, 0.25) is 0 Å². The van der Waals surface area contributed by atoms with Crippen molar-refractivity contribution in [1.29, 1.82) is 5.26 Å². The van der Waals surface area contributed by atoms with Gasteiger partial charge in [-0.15, -0.1) is 0 Å². The van der Waals surface area contributed by atoms with Gasteiger partial charge in [-0.1, -0.05) is 0 Å². The van der Waals surface area contributed by atoms with Crippen LogP contribution in [0.3, 0.4) is 0 Å². The zero-order valence-corrected chi connectivity index (χ0v) is 12.3. The van der Waals surface area contributed by atoms with Crippen LogP contribution >= 0.6 is 11.8 Å². The second kappa shape index (κ2) is 7.17. The van der Waals surface area contributed by atoms with Crippen molar-refractivity contribution in [2.24, 2.45) is 0 Å². The quantitative estimate of drug-likeness (QED) is 0.791. The molecule has 0 heterocycles. The number of nitriles is 1. The SMILES string of the molecule is COc1ccc(C#N)c(N(C)C(C)CCSC)c1. The maximum Gasteiger partial charge on any atom is 0.121 e. The van der Waals surface area contributed by atoms with Gasteiger partial charge in [-0.3, -0.25) is 0 Å². The van der Waals surface area contributed by atoms with Gasteiger partial charge in [0.25, 0.3) is 0 Å². The molecule has 0 radical (unpaired) electrons. The van der Waals surface area contributed by atoms with E-state index in [1.165, 1.54) is 0 Å². The zero-order chi connectivity index (χ0) is 13.5. The number of nitrogens with zero attached hydrogens (tertiary/aromatic N) is 2. The average molecular weight is 264 g/mol. The Morgan fingerprint density at radius 1 is 1.50 bits per heavy atom. The van der Waals surface area contributed by atoms with Crippen molar-refractivity contribution < 1.29 is 4.74 Å². The first-order chi connectivity index (χ1) is 8.63. The van der Waals surface area contributed by atoms with Crippen LogP contribution in [0, 0.1) is 11.3 Å². The van der Waals surface area contributed by atoms with E-state index in [2.05, 4.69) is 24.1 Å². The highest BCUT2D eigenvalue weighted by atomic mass is 32.2. The standard InChI is InChI=1S/C14H20N2OS/c1-11(7-8-18-4)16(2)14-9-13(17-3)6-5-12(14)10-15/h5-6,9,11H,7-8H2,1-4H3. The van der Waals surface area contributed by atoms with Gasteiger partial charge in [-0.25, -0.2) is 0 Å². The number of ether oxygens (including phenoxy) is 1. The predicted octanol–water partition coefficient (Wildman–Crippen LogP) is 3.14. The first-order valence-electron chi connectivity index (χ1n) is 5.94. The molecule has 0 amide bonds. The molecule has 3 nitrogen and oxygen atoms in total. The van der Waals surface area contributed by atoms with Crippen LogP contribution < -0.4 is 9.64 Å². The summed E-state index contributed by atoms with van der Waals surface area (Å²) in [5, 5.41) is 9.17. The molecule has 0 saturated heterocycles. The summed E-state index contributed by atoms with van der Waals surface area (Å²) in [5.41, 5.74) is 1.62. The van der Waals surface area contributed by atoms with Crippen LogP contribution in [0.5, 0.6) is 5.75 Å². The number of benzene rings is 1. The van der Waals surface area contributed by atoms with Gasteiger partial charge in [-0.05, 0) is 37.5 Å². The molecule has 4 heteroatoms. The largest absolute Gasteiger partial charge is 0.497 e. The van der Waals surface area contributed by atoms with Crippen LogP contribution in [0.2, 0.25) is 0 Å². The molecule has 18 heavy (non-hydrogen) atoms. The second-order valence-corrected chi connectivity index (χ2v) is 5.22. The van der Waals surface area contributed by atoms with Crippen LogP contribution in [0.15, 0.2) is 18.2 Å². The number of rotatable bonds is 6. The Morgan fingerprint density at radius 3 is 2.78 bits per heavy atom. The molecule has 1 unspecified atom stereocenters. The van der Waals surface area contributed by atoms with E-state index in [1.54, 1.807) is 7.11 Å². The normalized spacial score (nSPS) is 11.7. The summed E-state index contributed by atoms with van der Waals surface area (Å²) >= 11 is 1.84. The lowest BCUT2D eigenvalue weighted by molar-refractivity contribution is 0.414. The Morgan fingerprint density at radius 2 is 2.22 bits per heavy atom. The number of hydrogen-bond acceptors (Lipinski definition) is 4.